The summed E-state index contributed by atoms with van der Waals surface area (Å²) in [5, 5.41) is 11.8. The molecule has 0 saturated carbocycles. The van der Waals surface area contributed by atoms with Gasteiger partial charge in [0, 0.05) is 31.1 Å². The summed E-state index contributed by atoms with van der Waals surface area (Å²) in [6.07, 6.45) is 3.39. The van der Waals surface area contributed by atoms with Crippen molar-refractivity contribution in [3.63, 3.8) is 0 Å². The van der Waals surface area contributed by atoms with Crippen LogP contribution in [-0.4, -0.2) is 39.8 Å². The Labute approximate surface area is 238 Å². The fourth-order valence-corrected chi connectivity index (χ4v) is 4.02. The molecule has 10 heteroatoms. The number of aliphatic carboxylic acids is 1. The van der Waals surface area contributed by atoms with Gasteiger partial charge >= 0.3 is 12.1 Å². The van der Waals surface area contributed by atoms with Crippen molar-refractivity contribution in [2.45, 2.75) is 52.7 Å². The van der Waals surface area contributed by atoms with E-state index in [2.05, 4.69) is 15.3 Å². The second-order valence-corrected chi connectivity index (χ2v) is 9.57. The average Bonchev–Trinajstić information content (AvgIpc) is 3.32. The number of nitrogens with zero attached hydrogens (tertiary/aromatic N) is 2. The number of rotatable bonds is 13. The second-order valence-electron chi connectivity index (χ2n) is 9.57. The largest absolute Gasteiger partial charge is 0.493 e. The molecule has 2 heterocycles. The Morgan fingerprint density at radius 1 is 1.00 bits per heavy atom. The highest BCUT2D eigenvalue weighted by molar-refractivity contribution is 5.68. The van der Waals surface area contributed by atoms with Crippen LogP contribution >= 0.6 is 0 Å². The highest BCUT2D eigenvalue weighted by Crippen LogP contribution is 2.27. The van der Waals surface area contributed by atoms with E-state index in [1.807, 2.05) is 55.5 Å². The van der Waals surface area contributed by atoms with Gasteiger partial charge in [0.15, 0.2) is 0 Å². The van der Waals surface area contributed by atoms with Gasteiger partial charge in [-0.2, -0.15) is 0 Å². The number of carbonyl (C=O) groups excluding carboxylic acids is 1. The van der Waals surface area contributed by atoms with Crippen LogP contribution in [0.25, 0.3) is 11.5 Å². The smallest absolute Gasteiger partial charge is 0.407 e. The Morgan fingerprint density at radius 3 is 2.49 bits per heavy atom. The van der Waals surface area contributed by atoms with Crippen LogP contribution in [-0.2, 0) is 28.9 Å². The number of ether oxygens (including phenoxy) is 3. The van der Waals surface area contributed by atoms with E-state index in [0.29, 0.717) is 48.3 Å². The highest BCUT2D eigenvalue weighted by Gasteiger charge is 2.14. The zero-order valence-electron chi connectivity index (χ0n) is 23.3. The maximum atomic E-state index is 12.0. The molecular formula is C31H33N3O7. The summed E-state index contributed by atoms with van der Waals surface area (Å²) in [5.41, 5.74) is 3.19. The van der Waals surface area contributed by atoms with Crippen LogP contribution in [0.2, 0.25) is 0 Å². The summed E-state index contributed by atoms with van der Waals surface area (Å²) in [6.45, 7) is 5.93. The quantitative estimate of drug-likeness (QED) is 0.199. The molecule has 0 unspecified atom stereocenters. The molecule has 4 aromatic rings. The molecule has 0 aliphatic heterocycles. The van der Waals surface area contributed by atoms with Crippen LogP contribution in [0, 0.1) is 6.92 Å². The molecule has 0 aliphatic carbocycles. The van der Waals surface area contributed by atoms with Gasteiger partial charge in [-0.25, -0.2) is 9.78 Å². The number of nitrogens with one attached hydrogen (secondary N) is 1. The van der Waals surface area contributed by atoms with Gasteiger partial charge in [0.05, 0.1) is 24.6 Å². The monoisotopic (exact) mass is 559 g/mol. The number of benzene rings is 2. The lowest BCUT2D eigenvalue weighted by Gasteiger charge is -2.14. The third-order valence-corrected chi connectivity index (χ3v) is 6.02. The molecule has 0 spiro atoms. The predicted molar refractivity (Wildman–Crippen MR) is 151 cm³/mol. The Balaban J connectivity index is 1.36. The van der Waals surface area contributed by atoms with Gasteiger partial charge in [0.25, 0.3) is 0 Å². The number of hydrogen-bond acceptors (Lipinski definition) is 8. The number of hydrogen-bond donors (Lipinski definition) is 2. The Kier molecular flexibility index (Phi) is 9.93. The number of aromatic nitrogens is 2. The maximum Gasteiger partial charge on any atom is 0.407 e. The lowest BCUT2D eigenvalue weighted by Crippen LogP contribution is -2.26. The Hall–Kier alpha value is -4.86. The molecule has 41 heavy (non-hydrogen) atoms. The van der Waals surface area contributed by atoms with Crippen molar-refractivity contribution in [3.05, 3.63) is 89.6 Å². The van der Waals surface area contributed by atoms with E-state index in [0.717, 1.165) is 22.4 Å². The first kappa shape index (κ1) is 29.1. The lowest BCUT2D eigenvalue weighted by atomic mass is 10.0. The first-order chi connectivity index (χ1) is 19.8. The molecule has 2 aromatic carbocycles. The number of aryl methyl sites for hydroxylation is 2. The third kappa shape index (κ3) is 8.82. The fraction of sp³-hybridized carbons (Fsp3) is 0.290. The van der Waals surface area contributed by atoms with Crippen LogP contribution in [0.5, 0.6) is 17.2 Å². The minimum absolute atomic E-state index is 0.0162. The molecule has 4 rings (SSSR count). The van der Waals surface area contributed by atoms with Crippen molar-refractivity contribution in [2.75, 3.05) is 6.61 Å². The van der Waals surface area contributed by atoms with Gasteiger partial charge in [0.2, 0.25) is 5.89 Å². The summed E-state index contributed by atoms with van der Waals surface area (Å²) in [6, 6.07) is 16.5. The highest BCUT2D eigenvalue weighted by atomic mass is 16.6. The summed E-state index contributed by atoms with van der Waals surface area (Å²) in [7, 11) is 0. The molecular weight excluding hydrogens is 526 g/mol. The molecule has 2 aromatic heterocycles. The van der Waals surface area contributed by atoms with Crippen LogP contribution < -0.4 is 14.8 Å². The van der Waals surface area contributed by atoms with E-state index >= 15 is 0 Å². The molecule has 0 atom stereocenters. The normalized spacial score (nSPS) is 10.8. The summed E-state index contributed by atoms with van der Waals surface area (Å²) in [4.78, 5) is 31.7. The number of carboxylic acids is 1. The van der Waals surface area contributed by atoms with E-state index in [1.165, 1.54) is 0 Å². The summed E-state index contributed by atoms with van der Waals surface area (Å²) in [5.74, 6) is 2.26. The average molecular weight is 560 g/mol. The topological polar surface area (TPSA) is 133 Å². The first-order valence-electron chi connectivity index (χ1n) is 13.3. The minimum Gasteiger partial charge on any atom is -0.493 e. The van der Waals surface area contributed by atoms with Gasteiger partial charge < -0.3 is 29.1 Å². The Morgan fingerprint density at radius 2 is 1.78 bits per heavy atom. The minimum atomic E-state index is -0.889. The number of pyridine rings is 1. The molecule has 214 valence electrons. The molecule has 2 N–H and O–H groups in total. The van der Waals surface area contributed by atoms with E-state index in [1.54, 1.807) is 32.3 Å². The Bertz CT molecular complexity index is 1450. The zero-order valence-corrected chi connectivity index (χ0v) is 23.3. The molecule has 0 fully saturated rings. The van der Waals surface area contributed by atoms with E-state index in [9.17, 15) is 9.59 Å². The number of alkyl carbamates (subject to hydrolysis) is 1. The molecule has 10 nitrogen and oxygen atoms in total. The van der Waals surface area contributed by atoms with Crippen molar-refractivity contribution >= 4 is 12.1 Å². The van der Waals surface area contributed by atoms with E-state index < -0.39 is 12.1 Å². The SMILES string of the molecule is Cc1oc(-c2ccc(Oc3cccnc3)cc2)nc1CCOc1ccc(CCC(=O)O)c(CNC(=O)OC(C)C)c1. The number of amides is 1. The van der Waals surface area contributed by atoms with Crippen LogP contribution in [0.15, 0.2) is 71.4 Å². The van der Waals surface area contributed by atoms with Crippen molar-refractivity contribution in [2.24, 2.45) is 0 Å². The number of carboxylic acid groups (broad SMARTS) is 1. The van der Waals surface area contributed by atoms with Crippen molar-refractivity contribution < 1.29 is 33.3 Å². The van der Waals surface area contributed by atoms with Gasteiger partial charge in [-0.3, -0.25) is 9.78 Å². The molecule has 0 aliphatic rings. The standard InChI is InChI=1S/C31H33N3O7/c1-20(2)39-31(37)33-18-24-17-26(12-6-22(24)9-13-29(35)36)38-16-14-28-21(3)40-30(34-28)23-7-10-25(11-8-23)41-27-5-4-15-32-19-27/h4-8,10-12,15,17,19-20H,9,13-14,16,18H2,1-3H3,(H,33,37)(H,35,36). The van der Waals surface area contributed by atoms with Crippen molar-refractivity contribution in [3.8, 4) is 28.7 Å². The second kappa shape index (κ2) is 14.0. The molecule has 1 amide bonds. The first-order valence-corrected chi connectivity index (χ1v) is 13.3. The third-order valence-electron chi connectivity index (χ3n) is 6.02. The fourth-order valence-electron chi connectivity index (χ4n) is 4.02. The summed E-state index contributed by atoms with van der Waals surface area (Å²) < 4.78 is 22.8. The zero-order chi connectivity index (χ0) is 29.2. The molecule has 0 saturated heterocycles. The molecule has 0 radical (unpaired) electrons. The number of oxazole rings is 1. The number of carbonyl (C=O) groups is 2. The van der Waals surface area contributed by atoms with Crippen LogP contribution in [0.4, 0.5) is 4.79 Å². The van der Waals surface area contributed by atoms with E-state index in [4.69, 9.17) is 23.7 Å². The van der Waals surface area contributed by atoms with Gasteiger partial charge in [0.1, 0.15) is 23.0 Å². The van der Waals surface area contributed by atoms with Gasteiger partial charge in [-0.15, -0.1) is 0 Å². The maximum absolute atomic E-state index is 12.0. The predicted octanol–water partition coefficient (Wildman–Crippen LogP) is 6.11. The van der Waals surface area contributed by atoms with Crippen molar-refractivity contribution in [1.29, 1.82) is 0 Å². The lowest BCUT2D eigenvalue weighted by molar-refractivity contribution is -0.136. The van der Waals surface area contributed by atoms with Crippen LogP contribution in [0.3, 0.4) is 0 Å². The van der Waals surface area contributed by atoms with Crippen molar-refractivity contribution in [1.82, 2.24) is 15.3 Å². The van der Waals surface area contributed by atoms with Gasteiger partial charge in [-0.1, -0.05) is 6.07 Å². The van der Waals surface area contributed by atoms with E-state index in [-0.39, 0.29) is 19.1 Å². The van der Waals surface area contributed by atoms with Crippen LogP contribution in [0.1, 0.15) is 42.8 Å². The molecule has 0 bridgehead atoms. The van der Waals surface area contributed by atoms with Gasteiger partial charge in [-0.05, 0) is 86.8 Å². The summed E-state index contributed by atoms with van der Waals surface area (Å²) >= 11 is 0.